The average molecular weight is 245 g/mol. The van der Waals surface area contributed by atoms with Crippen molar-refractivity contribution in [2.45, 2.75) is 27.2 Å². The second-order valence-corrected chi connectivity index (χ2v) is 4.56. The van der Waals surface area contributed by atoms with Gasteiger partial charge in [0, 0.05) is 17.8 Å². The molecule has 18 heavy (non-hydrogen) atoms. The third-order valence-electron chi connectivity index (χ3n) is 3.07. The molecule has 0 atom stereocenters. The van der Waals surface area contributed by atoms with Crippen molar-refractivity contribution >= 4 is 5.78 Å². The van der Waals surface area contributed by atoms with Crippen LogP contribution < -0.4 is 0 Å². The topological polar surface area (TPSA) is 22.0 Å². The van der Waals surface area contributed by atoms with Crippen molar-refractivity contribution in [2.75, 3.05) is 0 Å². The Kier molecular flexibility index (Phi) is 3.32. The molecular formula is C15H16FNO. The average Bonchev–Trinajstić information content (AvgIpc) is 2.55. The highest BCUT2D eigenvalue weighted by atomic mass is 19.1. The predicted octanol–water partition coefficient (Wildman–Crippen LogP) is 3.36. The number of aromatic nitrogens is 1. The number of carbonyl (C=O) groups is 1. The Labute approximate surface area is 106 Å². The number of para-hydroxylation sites is 1. The summed E-state index contributed by atoms with van der Waals surface area (Å²) < 4.78 is 15.7. The predicted molar refractivity (Wildman–Crippen MR) is 69.6 cm³/mol. The van der Waals surface area contributed by atoms with E-state index < -0.39 is 0 Å². The number of hydrogen-bond acceptors (Lipinski definition) is 1. The van der Waals surface area contributed by atoms with Crippen LogP contribution in [0, 0.1) is 19.7 Å². The maximum Gasteiger partial charge on any atom is 0.147 e. The summed E-state index contributed by atoms with van der Waals surface area (Å²) in [6.07, 6.45) is 0.397. The standard InChI is InChI=1S/C15H16FNO/c1-10-8-13(9-11(2)18)12(3)17(10)15-7-5-4-6-14(15)16/h4-8H,9H2,1-3H3. The fourth-order valence-corrected chi connectivity index (χ4v) is 2.28. The van der Waals surface area contributed by atoms with Gasteiger partial charge in [0.15, 0.2) is 0 Å². The first-order chi connectivity index (χ1) is 8.50. The second-order valence-electron chi connectivity index (χ2n) is 4.56. The van der Waals surface area contributed by atoms with Crippen LogP contribution in [0.1, 0.15) is 23.9 Å². The van der Waals surface area contributed by atoms with Crippen LogP contribution in [-0.4, -0.2) is 10.4 Å². The van der Waals surface area contributed by atoms with Crippen molar-refractivity contribution in [1.29, 1.82) is 0 Å². The van der Waals surface area contributed by atoms with Crippen LogP contribution in [0.4, 0.5) is 4.39 Å². The third kappa shape index (κ3) is 2.21. The quantitative estimate of drug-likeness (QED) is 0.812. The van der Waals surface area contributed by atoms with Gasteiger partial charge < -0.3 is 4.57 Å². The summed E-state index contributed by atoms with van der Waals surface area (Å²) in [5.41, 5.74) is 3.35. The van der Waals surface area contributed by atoms with Crippen molar-refractivity contribution < 1.29 is 9.18 Å². The molecule has 0 amide bonds. The lowest BCUT2D eigenvalue weighted by atomic mass is 10.1. The number of ketones is 1. The van der Waals surface area contributed by atoms with Crippen LogP contribution >= 0.6 is 0 Å². The maximum absolute atomic E-state index is 13.8. The highest BCUT2D eigenvalue weighted by Crippen LogP contribution is 2.23. The summed E-state index contributed by atoms with van der Waals surface area (Å²) in [5, 5.41) is 0. The number of Topliss-reactive ketones (excluding diaryl/α,β-unsaturated/α-hetero) is 1. The van der Waals surface area contributed by atoms with Crippen molar-refractivity contribution in [3.8, 4) is 5.69 Å². The Hall–Kier alpha value is -1.90. The lowest BCUT2D eigenvalue weighted by Crippen LogP contribution is -2.03. The first-order valence-corrected chi connectivity index (χ1v) is 5.93. The fourth-order valence-electron chi connectivity index (χ4n) is 2.28. The van der Waals surface area contributed by atoms with Crippen molar-refractivity contribution in [3.63, 3.8) is 0 Å². The molecule has 1 aromatic heterocycles. The van der Waals surface area contributed by atoms with Gasteiger partial charge in [0.05, 0.1) is 5.69 Å². The van der Waals surface area contributed by atoms with Gasteiger partial charge in [-0.05, 0) is 44.5 Å². The van der Waals surface area contributed by atoms with Gasteiger partial charge in [0.1, 0.15) is 11.6 Å². The molecule has 1 aromatic carbocycles. The number of nitrogens with zero attached hydrogens (tertiary/aromatic N) is 1. The van der Waals surface area contributed by atoms with Crippen molar-refractivity contribution in [2.24, 2.45) is 0 Å². The van der Waals surface area contributed by atoms with Crippen molar-refractivity contribution in [3.05, 3.63) is 53.1 Å². The molecule has 2 rings (SSSR count). The number of aryl methyl sites for hydroxylation is 1. The zero-order chi connectivity index (χ0) is 13.3. The maximum atomic E-state index is 13.8. The first kappa shape index (κ1) is 12.6. The Balaban J connectivity index is 2.56. The van der Waals surface area contributed by atoms with Gasteiger partial charge in [-0.3, -0.25) is 4.79 Å². The summed E-state index contributed by atoms with van der Waals surface area (Å²) in [6, 6.07) is 8.61. The minimum Gasteiger partial charge on any atom is -0.316 e. The van der Waals surface area contributed by atoms with E-state index in [-0.39, 0.29) is 11.6 Å². The lowest BCUT2D eigenvalue weighted by molar-refractivity contribution is -0.116. The van der Waals surface area contributed by atoms with Crippen LogP contribution in [0.3, 0.4) is 0 Å². The van der Waals surface area contributed by atoms with E-state index in [0.717, 1.165) is 17.0 Å². The number of benzene rings is 1. The van der Waals surface area contributed by atoms with Gasteiger partial charge >= 0.3 is 0 Å². The monoisotopic (exact) mass is 245 g/mol. The van der Waals surface area contributed by atoms with Gasteiger partial charge in [-0.2, -0.15) is 0 Å². The van der Waals surface area contributed by atoms with E-state index in [1.165, 1.54) is 6.07 Å². The Morgan fingerprint density at radius 3 is 2.56 bits per heavy atom. The molecule has 0 aliphatic carbocycles. The zero-order valence-corrected chi connectivity index (χ0v) is 10.8. The second kappa shape index (κ2) is 4.77. The van der Waals surface area contributed by atoms with E-state index in [0.29, 0.717) is 12.1 Å². The minimum absolute atomic E-state index is 0.115. The van der Waals surface area contributed by atoms with Gasteiger partial charge in [-0.25, -0.2) is 4.39 Å². The van der Waals surface area contributed by atoms with E-state index in [1.54, 1.807) is 19.1 Å². The number of carbonyl (C=O) groups excluding carboxylic acids is 1. The molecule has 0 aliphatic rings. The molecule has 94 valence electrons. The molecule has 0 saturated heterocycles. The smallest absolute Gasteiger partial charge is 0.147 e. The van der Waals surface area contributed by atoms with Crippen LogP contribution in [0.2, 0.25) is 0 Å². The van der Waals surface area contributed by atoms with Crippen LogP contribution in [-0.2, 0) is 11.2 Å². The summed E-state index contributed by atoms with van der Waals surface area (Å²) >= 11 is 0. The Morgan fingerprint density at radius 1 is 1.28 bits per heavy atom. The Morgan fingerprint density at radius 2 is 1.94 bits per heavy atom. The number of hydrogen-bond donors (Lipinski definition) is 0. The highest BCUT2D eigenvalue weighted by Gasteiger charge is 2.14. The molecule has 2 nitrogen and oxygen atoms in total. The molecular weight excluding hydrogens is 229 g/mol. The summed E-state index contributed by atoms with van der Waals surface area (Å²) in [5.74, 6) is -0.141. The molecule has 0 radical (unpaired) electrons. The van der Waals surface area contributed by atoms with Crippen LogP contribution in [0.15, 0.2) is 30.3 Å². The first-order valence-electron chi connectivity index (χ1n) is 5.93. The van der Waals surface area contributed by atoms with Crippen LogP contribution in [0.5, 0.6) is 0 Å². The molecule has 0 aliphatic heterocycles. The molecule has 1 heterocycles. The zero-order valence-electron chi connectivity index (χ0n) is 10.8. The molecule has 3 heteroatoms. The van der Waals surface area contributed by atoms with Gasteiger partial charge in [0.25, 0.3) is 0 Å². The highest BCUT2D eigenvalue weighted by molar-refractivity contribution is 5.78. The molecule has 0 bridgehead atoms. The number of rotatable bonds is 3. The molecule has 2 aromatic rings. The molecule has 0 saturated carbocycles. The number of halogens is 1. The fraction of sp³-hybridized carbons (Fsp3) is 0.267. The van der Waals surface area contributed by atoms with Crippen LogP contribution in [0.25, 0.3) is 5.69 Å². The van der Waals surface area contributed by atoms with Gasteiger partial charge in [0.2, 0.25) is 0 Å². The summed E-state index contributed by atoms with van der Waals surface area (Å²) in [4.78, 5) is 11.2. The SMILES string of the molecule is CC(=O)Cc1cc(C)n(-c2ccccc2F)c1C. The van der Waals surface area contributed by atoms with E-state index in [9.17, 15) is 9.18 Å². The third-order valence-corrected chi connectivity index (χ3v) is 3.07. The normalized spacial score (nSPS) is 10.7. The van der Waals surface area contributed by atoms with Crippen molar-refractivity contribution in [1.82, 2.24) is 4.57 Å². The van der Waals surface area contributed by atoms with E-state index in [2.05, 4.69) is 0 Å². The lowest BCUT2D eigenvalue weighted by Gasteiger charge is -2.10. The largest absolute Gasteiger partial charge is 0.316 e. The van der Waals surface area contributed by atoms with E-state index in [4.69, 9.17) is 0 Å². The van der Waals surface area contributed by atoms with Gasteiger partial charge in [-0.1, -0.05) is 12.1 Å². The molecule has 0 N–H and O–H groups in total. The molecule has 0 spiro atoms. The summed E-state index contributed by atoms with van der Waals surface area (Å²) in [6.45, 7) is 5.40. The summed E-state index contributed by atoms with van der Waals surface area (Å²) in [7, 11) is 0. The van der Waals surface area contributed by atoms with E-state index >= 15 is 0 Å². The minimum atomic E-state index is -0.256. The molecule has 0 unspecified atom stereocenters. The van der Waals surface area contributed by atoms with E-state index in [1.807, 2.05) is 30.5 Å². The van der Waals surface area contributed by atoms with Gasteiger partial charge in [-0.15, -0.1) is 0 Å². The molecule has 0 fully saturated rings. The Bertz CT molecular complexity index is 599.